The zero-order chi connectivity index (χ0) is 17.3. The molecule has 130 valence electrons. The van der Waals surface area contributed by atoms with Crippen LogP contribution < -0.4 is 4.74 Å². The Kier molecular flexibility index (Phi) is 5.09. The summed E-state index contributed by atoms with van der Waals surface area (Å²) in [6.45, 7) is 2.16. The molecular formula is C19H20BrF3O. The Labute approximate surface area is 148 Å². The topological polar surface area (TPSA) is 9.23 Å². The van der Waals surface area contributed by atoms with Crippen LogP contribution in [0.4, 0.5) is 13.2 Å². The summed E-state index contributed by atoms with van der Waals surface area (Å²) >= 11 is 3.31. The predicted molar refractivity (Wildman–Crippen MR) is 93.3 cm³/mol. The SMILES string of the molecule is CCC1CCC(Oc2ccc3cc(Br)ccc3c2C(F)(F)F)CC1. The summed E-state index contributed by atoms with van der Waals surface area (Å²) in [6, 6.07) is 7.99. The maximum atomic E-state index is 13.7. The number of benzene rings is 2. The van der Waals surface area contributed by atoms with E-state index in [1.54, 1.807) is 18.2 Å². The van der Waals surface area contributed by atoms with Crippen molar-refractivity contribution in [3.63, 3.8) is 0 Å². The summed E-state index contributed by atoms with van der Waals surface area (Å²) in [6.07, 6.45) is 0.283. The molecule has 0 aliphatic heterocycles. The molecule has 1 aliphatic rings. The minimum atomic E-state index is -4.44. The van der Waals surface area contributed by atoms with E-state index >= 15 is 0 Å². The lowest BCUT2D eigenvalue weighted by Crippen LogP contribution is -2.25. The summed E-state index contributed by atoms with van der Waals surface area (Å²) in [7, 11) is 0. The zero-order valence-electron chi connectivity index (χ0n) is 13.5. The Morgan fingerprint density at radius 3 is 2.42 bits per heavy atom. The fourth-order valence-electron chi connectivity index (χ4n) is 3.51. The lowest BCUT2D eigenvalue weighted by atomic mass is 9.86. The second-order valence-electron chi connectivity index (χ2n) is 6.47. The van der Waals surface area contributed by atoms with Crippen molar-refractivity contribution in [1.82, 2.24) is 0 Å². The quantitative estimate of drug-likeness (QED) is 0.540. The van der Waals surface area contributed by atoms with Gasteiger partial charge in [0.25, 0.3) is 0 Å². The Hall–Kier alpha value is -1.23. The van der Waals surface area contributed by atoms with Crippen LogP contribution >= 0.6 is 15.9 Å². The number of hydrogen-bond donors (Lipinski definition) is 0. The van der Waals surface area contributed by atoms with E-state index in [4.69, 9.17) is 4.74 Å². The first kappa shape index (κ1) is 17.6. The van der Waals surface area contributed by atoms with E-state index in [2.05, 4.69) is 22.9 Å². The average Bonchev–Trinajstić information content (AvgIpc) is 2.54. The maximum Gasteiger partial charge on any atom is 0.420 e. The molecule has 0 amide bonds. The maximum absolute atomic E-state index is 13.7. The van der Waals surface area contributed by atoms with E-state index < -0.39 is 11.7 Å². The number of hydrogen-bond acceptors (Lipinski definition) is 1. The normalized spacial score (nSPS) is 21.9. The Morgan fingerprint density at radius 1 is 1.08 bits per heavy atom. The van der Waals surface area contributed by atoms with Crippen molar-refractivity contribution in [1.29, 1.82) is 0 Å². The van der Waals surface area contributed by atoms with Gasteiger partial charge < -0.3 is 4.74 Å². The second kappa shape index (κ2) is 6.95. The standard InChI is InChI=1S/C19H20BrF3O/c1-2-12-3-7-15(8-4-12)24-17-10-5-13-11-14(20)6-9-16(13)18(17)19(21,22)23/h5-6,9-12,15H,2-4,7-8H2,1H3. The minimum Gasteiger partial charge on any atom is -0.490 e. The van der Waals surface area contributed by atoms with Crippen LogP contribution in [0, 0.1) is 5.92 Å². The highest BCUT2D eigenvalue weighted by Gasteiger charge is 2.37. The van der Waals surface area contributed by atoms with Crippen LogP contribution in [0.5, 0.6) is 5.75 Å². The Bertz CT molecular complexity index is 718. The smallest absolute Gasteiger partial charge is 0.420 e. The molecule has 0 bridgehead atoms. The van der Waals surface area contributed by atoms with Gasteiger partial charge in [0, 0.05) is 4.47 Å². The summed E-state index contributed by atoms with van der Waals surface area (Å²) < 4.78 is 47.5. The summed E-state index contributed by atoms with van der Waals surface area (Å²) in [5.41, 5.74) is -0.662. The van der Waals surface area contributed by atoms with Crippen molar-refractivity contribution in [2.45, 2.75) is 51.3 Å². The second-order valence-corrected chi connectivity index (χ2v) is 7.39. The molecule has 2 aromatic carbocycles. The molecule has 1 saturated carbocycles. The van der Waals surface area contributed by atoms with Crippen LogP contribution in [0.25, 0.3) is 10.8 Å². The van der Waals surface area contributed by atoms with Crippen molar-refractivity contribution in [2.75, 3.05) is 0 Å². The summed E-state index contributed by atoms with van der Waals surface area (Å²) in [5.74, 6) is 0.637. The van der Waals surface area contributed by atoms with E-state index in [0.717, 1.165) is 36.6 Å². The van der Waals surface area contributed by atoms with E-state index in [1.807, 2.05) is 0 Å². The third kappa shape index (κ3) is 3.71. The molecule has 0 unspecified atom stereocenters. The van der Waals surface area contributed by atoms with Crippen LogP contribution in [-0.2, 0) is 6.18 Å². The first-order valence-corrected chi connectivity index (χ1v) is 9.14. The van der Waals surface area contributed by atoms with Gasteiger partial charge in [-0.15, -0.1) is 0 Å². The van der Waals surface area contributed by atoms with Crippen LogP contribution in [0.15, 0.2) is 34.8 Å². The van der Waals surface area contributed by atoms with Crippen LogP contribution in [0.2, 0.25) is 0 Å². The summed E-state index contributed by atoms with van der Waals surface area (Å²) in [5, 5.41) is 0.740. The lowest BCUT2D eigenvalue weighted by molar-refractivity contribution is -0.138. The van der Waals surface area contributed by atoms with E-state index in [0.29, 0.717) is 11.3 Å². The molecular weight excluding hydrogens is 381 g/mol. The van der Waals surface area contributed by atoms with Gasteiger partial charge >= 0.3 is 6.18 Å². The molecule has 0 N–H and O–H groups in total. The Balaban J connectivity index is 1.94. The number of halogens is 4. The highest BCUT2D eigenvalue weighted by molar-refractivity contribution is 9.10. The third-order valence-corrected chi connectivity index (χ3v) is 5.39. The average molecular weight is 401 g/mol. The molecule has 0 heterocycles. The van der Waals surface area contributed by atoms with Gasteiger partial charge in [-0.1, -0.05) is 41.4 Å². The molecule has 1 fully saturated rings. The number of fused-ring (bicyclic) bond motifs is 1. The van der Waals surface area contributed by atoms with Crippen molar-refractivity contribution < 1.29 is 17.9 Å². The van der Waals surface area contributed by atoms with Crippen molar-refractivity contribution >= 4 is 26.7 Å². The van der Waals surface area contributed by atoms with Crippen molar-refractivity contribution in [2.24, 2.45) is 5.92 Å². The summed E-state index contributed by atoms with van der Waals surface area (Å²) in [4.78, 5) is 0. The molecule has 0 saturated heterocycles. The van der Waals surface area contributed by atoms with Crippen LogP contribution in [0.1, 0.15) is 44.6 Å². The zero-order valence-corrected chi connectivity index (χ0v) is 15.1. The van der Waals surface area contributed by atoms with Gasteiger partial charge in [0.1, 0.15) is 11.3 Å². The molecule has 3 rings (SSSR count). The van der Waals surface area contributed by atoms with Crippen molar-refractivity contribution in [3.05, 3.63) is 40.4 Å². The molecule has 0 spiro atoms. The van der Waals surface area contributed by atoms with Gasteiger partial charge in [0.2, 0.25) is 0 Å². The molecule has 1 nitrogen and oxygen atoms in total. The fraction of sp³-hybridized carbons (Fsp3) is 0.474. The fourth-order valence-corrected chi connectivity index (χ4v) is 3.89. The molecule has 0 aromatic heterocycles. The molecule has 5 heteroatoms. The number of rotatable bonds is 3. The number of ether oxygens (including phenoxy) is 1. The van der Waals surface area contributed by atoms with Crippen LogP contribution in [0.3, 0.4) is 0 Å². The Morgan fingerprint density at radius 2 is 1.79 bits per heavy atom. The highest BCUT2D eigenvalue weighted by atomic mass is 79.9. The van der Waals surface area contributed by atoms with E-state index in [9.17, 15) is 13.2 Å². The van der Waals surface area contributed by atoms with Gasteiger partial charge in [-0.2, -0.15) is 13.2 Å². The van der Waals surface area contributed by atoms with Crippen molar-refractivity contribution in [3.8, 4) is 5.75 Å². The highest BCUT2D eigenvalue weighted by Crippen LogP contribution is 2.43. The van der Waals surface area contributed by atoms with Gasteiger partial charge in [-0.25, -0.2) is 0 Å². The predicted octanol–water partition coefficient (Wildman–Crippen LogP) is 6.97. The first-order chi connectivity index (χ1) is 11.4. The first-order valence-electron chi connectivity index (χ1n) is 8.34. The largest absolute Gasteiger partial charge is 0.490 e. The molecule has 1 aliphatic carbocycles. The molecule has 24 heavy (non-hydrogen) atoms. The minimum absolute atomic E-state index is 0.0442. The van der Waals surface area contributed by atoms with E-state index in [-0.39, 0.29) is 17.2 Å². The van der Waals surface area contributed by atoms with Gasteiger partial charge in [0.05, 0.1) is 6.10 Å². The van der Waals surface area contributed by atoms with Gasteiger partial charge in [-0.05, 0) is 60.6 Å². The molecule has 2 aromatic rings. The number of alkyl halides is 3. The van der Waals surface area contributed by atoms with Gasteiger partial charge in [-0.3, -0.25) is 0 Å². The van der Waals surface area contributed by atoms with Crippen LogP contribution in [-0.4, -0.2) is 6.10 Å². The molecule has 0 atom stereocenters. The van der Waals surface area contributed by atoms with Gasteiger partial charge in [0.15, 0.2) is 0 Å². The monoisotopic (exact) mass is 400 g/mol. The lowest BCUT2D eigenvalue weighted by Gasteiger charge is -2.29. The third-order valence-electron chi connectivity index (χ3n) is 4.89. The molecule has 0 radical (unpaired) electrons. The van der Waals surface area contributed by atoms with E-state index in [1.165, 1.54) is 12.1 Å².